The lowest BCUT2D eigenvalue weighted by Crippen LogP contribution is -2.58. The van der Waals surface area contributed by atoms with Crippen LogP contribution in [-0.4, -0.2) is 37.1 Å². The van der Waals surface area contributed by atoms with Crippen LogP contribution < -0.4 is 5.32 Å². The minimum atomic E-state index is 0. The molecule has 2 rings (SSSR count). The minimum absolute atomic E-state index is 0. The quantitative estimate of drug-likeness (QED) is 0.675. The summed E-state index contributed by atoms with van der Waals surface area (Å²) < 4.78 is 0. The first kappa shape index (κ1) is 13.5. The molecule has 2 bridgehead atoms. The molecule has 80 valence electrons. The van der Waals surface area contributed by atoms with Crippen LogP contribution in [0.5, 0.6) is 0 Å². The molecule has 13 heavy (non-hydrogen) atoms. The van der Waals surface area contributed by atoms with E-state index in [1.165, 1.54) is 25.9 Å². The van der Waals surface area contributed by atoms with Crippen LogP contribution >= 0.6 is 24.8 Å². The van der Waals surface area contributed by atoms with E-state index < -0.39 is 0 Å². The van der Waals surface area contributed by atoms with E-state index in [1.807, 2.05) is 0 Å². The average molecular weight is 227 g/mol. The van der Waals surface area contributed by atoms with E-state index in [0.29, 0.717) is 0 Å². The Morgan fingerprint density at radius 2 is 1.54 bits per heavy atom. The second-order valence-corrected chi connectivity index (χ2v) is 4.36. The van der Waals surface area contributed by atoms with E-state index in [9.17, 15) is 0 Å². The summed E-state index contributed by atoms with van der Waals surface area (Å²) >= 11 is 0. The third-order valence-electron chi connectivity index (χ3n) is 2.91. The highest BCUT2D eigenvalue weighted by atomic mass is 35.5. The topological polar surface area (TPSA) is 15.3 Å². The van der Waals surface area contributed by atoms with E-state index in [2.05, 4.69) is 24.2 Å². The molecule has 0 spiro atoms. The van der Waals surface area contributed by atoms with Crippen molar-refractivity contribution in [3.05, 3.63) is 0 Å². The zero-order valence-corrected chi connectivity index (χ0v) is 9.96. The fraction of sp³-hybridized carbons (Fsp3) is 1.00. The van der Waals surface area contributed by atoms with Gasteiger partial charge in [0.2, 0.25) is 0 Å². The van der Waals surface area contributed by atoms with E-state index in [1.54, 1.807) is 0 Å². The highest BCUT2D eigenvalue weighted by Gasteiger charge is 2.30. The highest BCUT2D eigenvalue weighted by Crippen LogP contribution is 2.23. The number of hydrogen-bond donors (Lipinski definition) is 1. The van der Waals surface area contributed by atoms with Gasteiger partial charge in [0.25, 0.3) is 0 Å². The van der Waals surface area contributed by atoms with E-state index in [0.717, 1.165) is 18.0 Å². The van der Waals surface area contributed by atoms with Crippen LogP contribution in [0.2, 0.25) is 0 Å². The van der Waals surface area contributed by atoms with Crippen LogP contribution in [0.15, 0.2) is 0 Å². The molecule has 2 unspecified atom stereocenters. The van der Waals surface area contributed by atoms with Gasteiger partial charge in [0.15, 0.2) is 0 Å². The summed E-state index contributed by atoms with van der Waals surface area (Å²) in [4.78, 5) is 2.46. The van der Waals surface area contributed by atoms with Gasteiger partial charge in [-0.1, -0.05) is 6.92 Å². The molecule has 2 nitrogen and oxygen atoms in total. The third-order valence-corrected chi connectivity index (χ3v) is 2.91. The average Bonchev–Trinajstić information content (AvgIpc) is 1.82. The number of rotatable bonds is 0. The number of likely N-dealkylation sites (N-methyl/N-ethyl adjacent to an activating group) is 1. The maximum absolute atomic E-state index is 3.67. The second kappa shape index (κ2) is 5.40. The van der Waals surface area contributed by atoms with Crippen LogP contribution in [0.1, 0.15) is 19.8 Å². The molecule has 2 aliphatic heterocycles. The zero-order valence-electron chi connectivity index (χ0n) is 8.32. The SMILES string of the molecule is CC1CC2CN(C)CC(C1)N2.Cl.Cl. The molecule has 0 aromatic heterocycles. The number of hydrogen-bond acceptors (Lipinski definition) is 2. The Bertz CT molecular complexity index is 121. The summed E-state index contributed by atoms with van der Waals surface area (Å²) in [6.07, 6.45) is 2.75. The predicted octanol–water partition coefficient (Wildman–Crippen LogP) is 1.53. The number of likely N-dealkylation sites (tertiary alicyclic amines) is 1. The number of halogens is 2. The van der Waals surface area contributed by atoms with Gasteiger partial charge in [0, 0.05) is 25.2 Å². The molecule has 0 radical (unpaired) electrons. The molecule has 2 heterocycles. The Balaban J connectivity index is 0.000000720. The maximum atomic E-state index is 3.67. The largest absolute Gasteiger partial charge is 0.309 e. The first-order chi connectivity index (χ1) is 5.24. The van der Waals surface area contributed by atoms with E-state index in [-0.39, 0.29) is 24.8 Å². The van der Waals surface area contributed by atoms with Crippen molar-refractivity contribution >= 4 is 24.8 Å². The number of fused-ring (bicyclic) bond motifs is 2. The normalized spacial score (nSPS) is 38.8. The Kier molecular flexibility index (Phi) is 5.61. The van der Waals surface area contributed by atoms with Crippen LogP contribution in [0.4, 0.5) is 0 Å². The fourth-order valence-electron chi connectivity index (χ4n) is 2.62. The summed E-state index contributed by atoms with van der Waals surface area (Å²) in [5, 5.41) is 3.67. The lowest BCUT2D eigenvalue weighted by Gasteiger charge is -2.43. The Hall–Kier alpha value is 0.500. The van der Waals surface area contributed by atoms with Gasteiger partial charge >= 0.3 is 0 Å². The predicted molar refractivity (Wildman–Crippen MR) is 61.1 cm³/mol. The van der Waals surface area contributed by atoms with Gasteiger partial charge in [-0.2, -0.15) is 0 Å². The van der Waals surface area contributed by atoms with Crippen molar-refractivity contribution in [3.8, 4) is 0 Å². The summed E-state index contributed by atoms with van der Waals surface area (Å²) in [6, 6.07) is 1.56. The van der Waals surface area contributed by atoms with Crippen LogP contribution in [0.25, 0.3) is 0 Å². The monoisotopic (exact) mass is 226 g/mol. The molecule has 0 aromatic rings. The number of nitrogens with zero attached hydrogens (tertiary/aromatic N) is 1. The molecular formula is C9H20Cl2N2. The van der Waals surface area contributed by atoms with Crippen molar-refractivity contribution < 1.29 is 0 Å². The lowest BCUT2D eigenvalue weighted by molar-refractivity contribution is 0.123. The molecule has 0 aromatic carbocycles. The van der Waals surface area contributed by atoms with Gasteiger partial charge in [0.1, 0.15) is 0 Å². The summed E-state index contributed by atoms with van der Waals surface area (Å²) in [6.45, 7) is 4.88. The number of piperidine rings is 1. The minimum Gasteiger partial charge on any atom is -0.309 e. The number of nitrogens with one attached hydrogen (secondary N) is 1. The zero-order chi connectivity index (χ0) is 7.84. The molecule has 1 N–H and O–H groups in total. The van der Waals surface area contributed by atoms with Crippen molar-refractivity contribution in [3.63, 3.8) is 0 Å². The molecule has 4 heteroatoms. The summed E-state index contributed by atoms with van der Waals surface area (Å²) in [5.74, 6) is 0.944. The van der Waals surface area contributed by atoms with Crippen molar-refractivity contribution in [1.82, 2.24) is 10.2 Å². The Morgan fingerprint density at radius 3 is 2.00 bits per heavy atom. The van der Waals surface area contributed by atoms with Crippen molar-refractivity contribution in [2.75, 3.05) is 20.1 Å². The van der Waals surface area contributed by atoms with E-state index in [4.69, 9.17) is 0 Å². The molecule has 2 fully saturated rings. The lowest BCUT2D eigenvalue weighted by atomic mass is 9.86. The van der Waals surface area contributed by atoms with Gasteiger partial charge in [0.05, 0.1) is 0 Å². The standard InChI is InChI=1S/C9H18N2.2ClH/c1-7-3-8-5-11(2)6-9(4-7)10-8;;/h7-10H,3-6H2,1-2H3;2*1H. The van der Waals surface area contributed by atoms with Crippen molar-refractivity contribution in [2.45, 2.75) is 31.8 Å². The summed E-state index contributed by atoms with van der Waals surface area (Å²) in [5.41, 5.74) is 0. The van der Waals surface area contributed by atoms with Crippen molar-refractivity contribution in [2.24, 2.45) is 5.92 Å². The van der Waals surface area contributed by atoms with Crippen LogP contribution in [-0.2, 0) is 0 Å². The molecule has 2 aliphatic rings. The molecular weight excluding hydrogens is 207 g/mol. The van der Waals surface area contributed by atoms with Crippen LogP contribution in [0, 0.1) is 5.92 Å². The molecule has 2 atom stereocenters. The summed E-state index contributed by atoms with van der Waals surface area (Å²) in [7, 11) is 2.23. The Morgan fingerprint density at radius 1 is 1.08 bits per heavy atom. The Labute approximate surface area is 93.3 Å². The smallest absolute Gasteiger partial charge is 0.0200 e. The molecule has 2 saturated heterocycles. The molecule has 0 aliphatic carbocycles. The number of piperazine rings is 1. The van der Waals surface area contributed by atoms with Gasteiger partial charge in [-0.05, 0) is 25.8 Å². The fourth-order valence-corrected chi connectivity index (χ4v) is 2.62. The van der Waals surface area contributed by atoms with Gasteiger partial charge in [-0.15, -0.1) is 24.8 Å². The second-order valence-electron chi connectivity index (χ2n) is 4.36. The van der Waals surface area contributed by atoms with E-state index >= 15 is 0 Å². The van der Waals surface area contributed by atoms with Gasteiger partial charge < -0.3 is 10.2 Å². The van der Waals surface area contributed by atoms with Crippen molar-refractivity contribution in [1.29, 1.82) is 0 Å². The molecule has 0 amide bonds. The molecule has 0 saturated carbocycles. The van der Waals surface area contributed by atoms with Gasteiger partial charge in [-0.3, -0.25) is 0 Å². The maximum Gasteiger partial charge on any atom is 0.0200 e. The van der Waals surface area contributed by atoms with Crippen LogP contribution in [0.3, 0.4) is 0 Å². The third kappa shape index (κ3) is 3.28. The van der Waals surface area contributed by atoms with Gasteiger partial charge in [-0.25, -0.2) is 0 Å². The first-order valence-electron chi connectivity index (χ1n) is 4.68. The highest BCUT2D eigenvalue weighted by molar-refractivity contribution is 5.85. The first-order valence-corrected chi connectivity index (χ1v) is 4.68.